The molecule has 2 heterocycles. The fourth-order valence-electron chi connectivity index (χ4n) is 2.83. The molecule has 0 spiro atoms. The van der Waals surface area contributed by atoms with Crippen molar-refractivity contribution in [3.63, 3.8) is 0 Å². The molecule has 1 aromatic heterocycles. The van der Waals surface area contributed by atoms with Gasteiger partial charge in [-0.15, -0.1) is 10.2 Å². The highest BCUT2D eigenvalue weighted by Gasteiger charge is 2.15. The molecule has 0 radical (unpaired) electrons. The lowest BCUT2D eigenvalue weighted by Crippen LogP contribution is -2.15. The number of aromatic nitrogens is 3. The quantitative estimate of drug-likeness (QED) is 0.926. The number of rotatable bonds is 4. The van der Waals surface area contributed by atoms with E-state index in [9.17, 15) is 0 Å². The Kier molecular flexibility index (Phi) is 3.72. The third-order valence-electron chi connectivity index (χ3n) is 3.96. The molecule has 0 aliphatic carbocycles. The fraction of sp³-hybridized carbons (Fsp3) is 0.500. The Hall–Kier alpha value is -1.84. The first-order valence-electron chi connectivity index (χ1n) is 7.49. The number of fused-ring (bicyclic) bond motifs is 1. The summed E-state index contributed by atoms with van der Waals surface area (Å²) in [7, 11) is 0. The van der Waals surface area contributed by atoms with E-state index < -0.39 is 0 Å². The number of hydrogen-bond acceptors (Lipinski definition) is 3. The second-order valence-electron chi connectivity index (χ2n) is 5.74. The molecule has 1 aromatic carbocycles. The second-order valence-corrected chi connectivity index (χ2v) is 5.74. The molecule has 1 aliphatic heterocycles. The molecule has 3 rings (SSSR count). The summed E-state index contributed by atoms with van der Waals surface area (Å²) in [5, 5.41) is 12.2. The summed E-state index contributed by atoms with van der Waals surface area (Å²) < 4.78 is 2.27. The minimum absolute atomic E-state index is 0.519. The van der Waals surface area contributed by atoms with Crippen molar-refractivity contribution >= 4 is 5.69 Å². The molecule has 0 saturated heterocycles. The highest BCUT2D eigenvalue weighted by atomic mass is 15.3. The minimum Gasteiger partial charge on any atom is -0.378 e. The van der Waals surface area contributed by atoms with E-state index in [0.29, 0.717) is 5.92 Å². The first-order valence-corrected chi connectivity index (χ1v) is 7.49. The Labute approximate surface area is 120 Å². The summed E-state index contributed by atoms with van der Waals surface area (Å²) in [6.45, 7) is 6.25. The molecule has 0 bridgehead atoms. The highest BCUT2D eigenvalue weighted by Crippen LogP contribution is 2.24. The monoisotopic (exact) mass is 270 g/mol. The molecular weight excluding hydrogens is 248 g/mol. The summed E-state index contributed by atoms with van der Waals surface area (Å²) in [4.78, 5) is 0. The van der Waals surface area contributed by atoms with Gasteiger partial charge in [0.25, 0.3) is 0 Å². The van der Waals surface area contributed by atoms with Gasteiger partial charge in [-0.2, -0.15) is 0 Å². The van der Waals surface area contributed by atoms with Gasteiger partial charge in [0.05, 0.1) is 6.54 Å². The molecule has 1 N–H and O–H groups in total. The Balaban J connectivity index is 1.75. The van der Waals surface area contributed by atoms with Crippen molar-refractivity contribution in [2.24, 2.45) is 0 Å². The van der Waals surface area contributed by atoms with Crippen LogP contribution in [0.5, 0.6) is 0 Å². The fourth-order valence-corrected chi connectivity index (χ4v) is 2.83. The van der Waals surface area contributed by atoms with Gasteiger partial charge in [-0.25, -0.2) is 0 Å². The molecule has 1 aliphatic rings. The summed E-state index contributed by atoms with van der Waals surface area (Å²) in [6.07, 6.45) is 3.54. The van der Waals surface area contributed by atoms with Crippen molar-refractivity contribution in [3.8, 4) is 0 Å². The van der Waals surface area contributed by atoms with Gasteiger partial charge in [0.1, 0.15) is 5.82 Å². The summed E-state index contributed by atoms with van der Waals surface area (Å²) in [5.74, 6) is 2.72. The van der Waals surface area contributed by atoms with Gasteiger partial charge in [-0.05, 0) is 30.4 Å². The first-order chi connectivity index (χ1) is 9.75. The van der Waals surface area contributed by atoms with E-state index in [1.165, 1.54) is 24.1 Å². The van der Waals surface area contributed by atoms with E-state index in [1.807, 2.05) is 0 Å². The zero-order valence-corrected chi connectivity index (χ0v) is 12.3. The van der Waals surface area contributed by atoms with Crippen LogP contribution in [0.3, 0.4) is 0 Å². The highest BCUT2D eigenvalue weighted by molar-refractivity contribution is 5.52. The lowest BCUT2D eigenvalue weighted by atomic mass is 10.0. The van der Waals surface area contributed by atoms with Gasteiger partial charge in [0.2, 0.25) is 0 Å². The second kappa shape index (κ2) is 5.65. The molecule has 4 nitrogen and oxygen atoms in total. The predicted octanol–water partition coefficient (Wildman–Crippen LogP) is 3.35. The average Bonchev–Trinajstić information content (AvgIpc) is 2.88. The number of nitrogens with one attached hydrogen (secondary N) is 1. The van der Waals surface area contributed by atoms with Gasteiger partial charge in [-0.1, -0.05) is 32.0 Å². The van der Waals surface area contributed by atoms with Gasteiger partial charge in [-0.3, -0.25) is 0 Å². The SMILES string of the molecule is CC(C)c1ccccc1NCc1nnc2n1CCCC2. The third kappa shape index (κ3) is 2.55. The van der Waals surface area contributed by atoms with E-state index in [0.717, 1.165) is 31.2 Å². The molecule has 106 valence electrons. The molecule has 0 amide bonds. The van der Waals surface area contributed by atoms with Crippen LogP contribution in [0, 0.1) is 0 Å². The first kappa shape index (κ1) is 13.2. The largest absolute Gasteiger partial charge is 0.378 e. The smallest absolute Gasteiger partial charge is 0.152 e. The zero-order valence-electron chi connectivity index (χ0n) is 12.3. The lowest BCUT2D eigenvalue weighted by Gasteiger charge is -2.17. The van der Waals surface area contributed by atoms with Crippen molar-refractivity contribution in [1.29, 1.82) is 0 Å². The summed E-state index contributed by atoms with van der Waals surface area (Å²) >= 11 is 0. The van der Waals surface area contributed by atoms with Gasteiger partial charge >= 0.3 is 0 Å². The van der Waals surface area contributed by atoms with Crippen LogP contribution < -0.4 is 5.32 Å². The van der Waals surface area contributed by atoms with E-state index >= 15 is 0 Å². The summed E-state index contributed by atoms with van der Waals surface area (Å²) in [6, 6.07) is 8.50. The van der Waals surface area contributed by atoms with Crippen LogP contribution >= 0.6 is 0 Å². The number of para-hydroxylation sites is 1. The number of anilines is 1. The third-order valence-corrected chi connectivity index (χ3v) is 3.96. The van der Waals surface area contributed by atoms with E-state index in [2.05, 4.69) is 58.2 Å². The number of hydrogen-bond donors (Lipinski definition) is 1. The maximum Gasteiger partial charge on any atom is 0.152 e. The molecular formula is C16H22N4. The van der Waals surface area contributed by atoms with Crippen LogP contribution in [0.4, 0.5) is 5.69 Å². The average molecular weight is 270 g/mol. The summed E-state index contributed by atoms with van der Waals surface area (Å²) in [5.41, 5.74) is 2.56. The topological polar surface area (TPSA) is 42.7 Å². The van der Waals surface area contributed by atoms with Crippen molar-refractivity contribution in [3.05, 3.63) is 41.5 Å². The van der Waals surface area contributed by atoms with Gasteiger partial charge in [0, 0.05) is 18.7 Å². The van der Waals surface area contributed by atoms with Gasteiger partial charge < -0.3 is 9.88 Å². The molecule has 2 aromatic rings. The molecule has 0 unspecified atom stereocenters. The van der Waals surface area contributed by atoms with Crippen LogP contribution in [0.1, 0.15) is 49.8 Å². The number of benzene rings is 1. The zero-order chi connectivity index (χ0) is 13.9. The van der Waals surface area contributed by atoms with Crippen molar-refractivity contribution in [2.45, 2.75) is 52.1 Å². The minimum atomic E-state index is 0.519. The van der Waals surface area contributed by atoms with Crippen molar-refractivity contribution < 1.29 is 0 Å². The predicted molar refractivity (Wildman–Crippen MR) is 80.8 cm³/mol. The van der Waals surface area contributed by atoms with Crippen LogP contribution in [0.15, 0.2) is 24.3 Å². The molecule has 4 heteroatoms. The Morgan fingerprint density at radius 2 is 2.05 bits per heavy atom. The van der Waals surface area contributed by atoms with E-state index in [4.69, 9.17) is 0 Å². The van der Waals surface area contributed by atoms with Crippen molar-refractivity contribution in [2.75, 3.05) is 5.32 Å². The molecule has 0 saturated carbocycles. The van der Waals surface area contributed by atoms with Crippen LogP contribution in [0.25, 0.3) is 0 Å². The van der Waals surface area contributed by atoms with Crippen molar-refractivity contribution in [1.82, 2.24) is 14.8 Å². The van der Waals surface area contributed by atoms with E-state index in [1.54, 1.807) is 0 Å². The van der Waals surface area contributed by atoms with Crippen LogP contribution in [0.2, 0.25) is 0 Å². The lowest BCUT2D eigenvalue weighted by molar-refractivity contribution is 0.510. The molecule has 0 atom stereocenters. The Morgan fingerprint density at radius 1 is 1.20 bits per heavy atom. The van der Waals surface area contributed by atoms with E-state index in [-0.39, 0.29) is 0 Å². The Bertz CT molecular complexity index is 586. The maximum atomic E-state index is 4.34. The maximum absolute atomic E-state index is 4.34. The standard InChI is InChI=1S/C16H22N4/c1-12(2)13-7-3-4-8-14(13)17-11-16-19-18-15-9-5-6-10-20(15)16/h3-4,7-8,12,17H,5-6,9-11H2,1-2H3. The van der Waals surface area contributed by atoms with Crippen LogP contribution in [-0.4, -0.2) is 14.8 Å². The normalized spacial score (nSPS) is 14.3. The molecule has 20 heavy (non-hydrogen) atoms. The van der Waals surface area contributed by atoms with Crippen LogP contribution in [-0.2, 0) is 19.5 Å². The molecule has 0 fully saturated rings. The number of nitrogens with zero attached hydrogens (tertiary/aromatic N) is 3. The number of aryl methyl sites for hydroxylation is 1. The van der Waals surface area contributed by atoms with Gasteiger partial charge in [0.15, 0.2) is 5.82 Å². The Morgan fingerprint density at radius 3 is 2.90 bits per heavy atom.